The van der Waals surface area contributed by atoms with Crippen molar-refractivity contribution >= 4 is 0 Å². The van der Waals surface area contributed by atoms with Gasteiger partial charge in [0.1, 0.15) is 6.23 Å². The van der Waals surface area contributed by atoms with E-state index in [9.17, 15) is 0 Å². The number of hydrogen-bond donors (Lipinski definition) is 1. The van der Waals surface area contributed by atoms with Gasteiger partial charge in [-0.15, -0.1) is 0 Å². The molecule has 1 aromatic rings. The van der Waals surface area contributed by atoms with Crippen LogP contribution in [0.2, 0.25) is 0 Å². The Morgan fingerprint density at radius 1 is 1.38 bits per heavy atom. The molecule has 2 atom stereocenters. The summed E-state index contributed by atoms with van der Waals surface area (Å²) in [5, 5.41) is 3.32. The highest BCUT2D eigenvalue weighted by atomic mass is 16.5. The molecule has 2 heteroatoms. The predicted octanol–water partition coefficient (Wildman–Crippen LogP) is 1.86. The summed E-state index contributed by atoms with van der Waals surface area (Å²) in [6.45, 7) is 4.41. The lowest BCUT2D eigenvalue weighted by Gasteiger charge is -2.08. The largest absolute Gasteiger partial charge is 0.358 e. The molecule has 0 spiro atoms. The van der Waals surface area contributed by atoms with Gasteiger partial charge in [0.05, 0.1) is 12.6 Å². The quantitative estimate of drug-likeness (QED) is 0.693. The van der Waals surface area contributed by atoms with E-state index in [4.69, 9.17) is 4.74 Å². The summed E-state index contributed by atoms with van der Waals surface area (Å²) in [7, 11) is 0. The minimum Gasteiger partial charge on any atom is -0.358 e. The van der Waals surface area contributed by atoms with Crippen molar-refractivity contribution in [2.75, 3.05) is 6.61 Å². The molecule has 2 unspecified atom stereocenters. The van der Waals surface area contributed by atoms with E-state index < -0.39 is 0 Å². The molecule has 1 aliphatic rings. The van der Waals surface area contributed by atoms with E-state index in [1.165, 1.54) is 5.56 Å². The fraction of sp³-hybridized carbons (Fsp3) is 0.273. The van der Waals surface area contributed by atoms with Crippen LogP contribution in [0.3, 0.4) is 0 Å². The summed E-state index contributed by atoms with van der Waals surface area (Å²) < 4.78 is 5.44. The molecule has 0 amide bonds. The second-order valence-electron chi connectivity index (χ2n) is 3.12. The van der Waals surface area contributed by atoms with Crippen LogP contribution >= 0.6 is 0 Å². The van der Waals surface area contributed by atoms with E-state index in [2.05, 4.69) is 24.0 Å². The second kappa shape index (κ2) is 3.73. The predicted molar refractivity (Wildman–Crippen MR) is 52.3 cm³/mol. The molecule has 13 heavy (non-hydrogen) atoms. The number of hydrogen-bond acceptors (Lipinski definition) is 2. The average molecular weight is 175 g/mol. The lowest BCUT2D eigenvalue weighted by Crippen LogP contribution is -2.22. The highest BCUT2D eigenvalue weighted by Gasteiger charge is 2.22. The Bertz CT molecular complexity index is 283. The topological polar surface area (TPSA) is 21.3 Å². The Balaban J connectivity index is 2.08. The molecule has 1 N–H and O–H groups in total. The third-order valence-electron chi connectivity index (χ3n) is 2.22. The lowest BCUT2D eigenvalue weighted by atomic mass is 10.1. The van der Waals surface area contributed by atoms with Gasteiger partial charge in [-0.2, -0.15) is 0 Å². The fourth-order valence-electron chi connectivity index (χ4n) is 1.51. The number of ether oxygens (including phenoxy) is 1. The van der Waals surface area contributed by atoms with Crippen LogP contribution in [0.15, 0.2) is 43.0 Å². The smallest absolute Gasteiger partial charge is 0.127 e. The van der Waals surface area contributed by atoms with Crippen LogP contribution in [0.25, 0.3) is 0 Å². The monoisotopic (exact) mass is 175 g/mol. The van der Waals surface area contributed by atoms with Crippen molar-refractivity contribution in [1.82, 2.24) is 5.32 Å². The maximum Gasteiger partial charge on any atom is 0.127 e. The van der Waals surface area contributed by atoms with Crippen molar-refractivity contribution in [2.24, 2.45) is 0 Å². The van der Waals surface area contributed by atoms with Crippen molar-refractivity contribution < 1.29 is 4.74 Å². The van der Waals surface area contributed by atoms with E-state index in [-0.39, 0.29) is 6.23 Å². The van der Waals surface area contributed by atoms with Gasteiger partial charge in [-0.05, 0) is 11.6 Å². The summed E-state index contributed by atoms with van der Waals surface area (Å²) in [5.41, 5.74) is 1.27. The van der Waals surface area contributed by atoms with Crippen molar-refractivity contribution in [3.8, 4) is 0 Å². The van der Waals surface area contributed by atoms with Gasteiger partial charge in [0.25, 0.3) is 0 Å². The zero-order chi connectivity index (χ0) is 9.10. The van der Waals surface area contributed by atoms with Gasteiger partial charge in [-0.3, -0.25) is 5.32 Å². The highest BCUT2D eigenvalue weighted by molar-refractivity contribution is 5.20. The Labute approximate surface area is 78.2 Å². The summed E-state index contributed by atoms with van der Waals surface area (Å²) in [6.07, 6.45) is 1.79. The van der Waals surface area contributed by atoms with Crippen LogP contribution in [0.1, 0.15) is 11.6 Å². The standard InChI is InChI=1S/C11H13NO/c1-2-11-12-10(8-13-11)9-6-4-3-5-7-9/h2-7,10-12H,1,8H2. The van der Waals surface area contributed by atoms with Gasteiger partial charge in [-0.1, -0.05) is 36.9 Å². The molecule has 1 aromatic carbocycles. The summed E-state index contributed by atoms with van der Waals surface area (Å²) in [5.74, 6) is 0. The lowest BCUT2D eigenvalue weighted by molar-refractivity contribution is 0.136. The molecular formula is C11H13NO. The first-order valence-corrected chi connectivity index (χ1v) is 4.45. The molecule has 2 nitrogen and oxygen atoms in total. The van der Waals surface area contributed by atoms with E-state index in [1.54, 1.807) is 6.08 Å². The third-order valence-corrected chi connectivity index (χ3v) is 2.22. The van der Waals surface area contributed by atoms with Crippen LogP contribution in [0.4, 0.5) is 0 Å². The summed E-state index contributed by atoms with van der Waals surface area (Å²) in [4.78, 5) is 0. The minimum absolute atomic E-state index is 0.00482. The Morgan fingerprint density at radius 3 is 2.77 bits per heavy atom. The molecule has 1 aliphatic heterocycles. The summed E-state index contributed by atoms with van der Waals surface area (Å²) in [6, 6.07) is 10.6. The summed E-state index contributed by atoms with van der Waals surface area (Å²) >= 11 is 0. The van der Waals surface area contributed by atoms with Gasteiger partial charge in [0, 0.05) is 0 Å². The molecule has 1 heterocycles. The normalized spacial score (nSPS) is 27.4. The number of benzene rings is 1. The highest BCUT2D eigenvalue weighted by Crippen LogP contribution is 2.19. The zero-order valence-corrected chi connectivity index (χ0v) is 7.44. The first kappa shape index (κ1) is 8.48. The SMILES string of the molecule is C=CC1NC(c2ccccc2)CO1. The number of nitrogens with one attached hydrogen (secondary N) is 1. The molecule has 0 bridgehead atoms. The first-order chi connectivity index (χ1) is 6.40. The zero-order valence-electron chi connectivity index (χ0n) is 7.44. The number of rotatable bonds is 2. The van der Waals surface area contributed by atoms with Crippen molar-refractivity contribution in [3.63, 3.8) is 0 Å². The molecule has 1 saturated heterocycles. The maximum absolute atomic E-state index is 5.44. The minimum atomic E-state index is 0.00482. The molecule has 68 valence electrons. The fourth-order valence-corrected chi connectivity index (χ4v) is 1.51. The molecule has 0 radical (unpaired) electrons. The Kier molecular flexibility index (Phi) is 2.43. The molecule has 0 aromatic heterocycles. The van der Waals surface area contributed by atoms with Crippen molar-refractivity contribution in [3.05, 3.63) is 48.6 Å². The van der Waals surface area contributed by atoms with Gasteiger partial charge < -0.3 is 4.74 Å². The van der Waals surface area contributed by atoms with E-state index in [0.29, 0.717) is 6.04 Å². The Morgan fingerprint density at radius 2 is 2.15 bits per heavy atom. The molecule has 1 fully saturated rings. The van der Waals surface area contributed by atoms with E-state index >= 15 is 0 Å². The third kappa shape index (κ3) is 1.79. The average Bonchev–Trinajstić information content (AvgIpc) is 2.67. The first-order valence-electron chi connectivity index (χ1n) is 4.45. The van der Waals surface area contributed by atoms with Crippen molar-refractivity contribution in [2.45, 2.75) is 12.3 Å². The van der Waals surface area contributed by atoms with Crippen LogP contribution < -0.4 is 5.32 Å². The molecule has 0 aliphatic carbocycles. The Hall–Kier alpha value is -1.12. The van der Waals surface area contributed by atoms with Crippen LogP contribution in [-0.4, -0.2) is 12.8 Å². The van der Waals surface area contributed by atoms with Crippen LogP contribution in [-0.2, 0) is 4.74 Å². The molecule has 2 rings (SSSR count). The van der Waals surface area contributed by atoms with Crippen molar-refractivity contribution in [1.29, 1.82) is 0 Å². The molecular weight excluding hydrogens is 162 g/mol. The van der Waals surface area contributed by atoms with Crippen LogP contribution in [0.5, 0.6) is 0 Å². The maximum atomic E-state index is 5.44. The van der Waals surface area contributed by atoms with E-state index in [1.807, 2.05) is 18.2 Å². The van der Waals surface area contributed by atoms with Crippen LogP contribution in [0, 0.1) is 0 Å². The van der Waals surface area contributed by atoms with Gasteiger partial charge in [-0.25, -0.2) is 0 Å². The van der Waals surface area contributed by atoms with E-state index in [0.717, 1.165) is 6.61 Å². The van der Waals surface area contributed by atoms with Gasteiger partial charge in [0.2, 0.25) is 0 Å². The molecule has 0 saturated carbocycles. The van der Waals surface area contributed by atoms with Gasteiger partial charge >= 0.3 is 0 Å². The second-order valence-corrected chi connectivity index (χ2v) is 3.12. The van der Waals surface area contributed by atoms with Gasteiger partial charge in [0.15, 0.2) is 0 Å².